The number of hydrogen-bond acceptors (Lipinski definition) is 4. The number of piperidine rings is 1. The molecule has 1 aliphatic rings. The molecule has 22 heavy (non-hydrogen) atoms. The molecule has 2 heterocycles. The molecular formula is C17H19N3O2. The third kappa shape index (κ3) is 2.26. The summed E-state index contributed by atoms with van der Waals surface area (Å²) in [5, 5.41) is 19.7. The van der Waals surface area contributed by atoms with Crippen LogP contribution in [0.3, 0.4) is 0 Å². The minimum atomic E-state index is -0.250. The second-order valence-electron chi connectivity index (χ2n) is 5.83. The average Bonchev–Trinajstić information content (AvgIpc) is 2.58. The minimum Gasteiger partial charge on any atom is -0.396 e. The van der Waals surface area contributed by atoms with Crippen LogP contribution in [0.1, 0.15) is 18.4 Å². The molecule has 1 saturated heterocycles. The van der Waals surface area contributed by atoms with Crippen LogP contribution in [-0.4, -0.2) is 29.4 Å². The molecule has 0 amide bonds. The van der Waals surface area contributed by atoms with E-state index in [4.69, 9.17) is 0 Å². The lowest BCUT2D eigenvalue weighted by molar-refractivity contribution is 0.203. The largest absolute Gasteiger partial charge is 0.396 e. The zero-order valence-corrected chi connectivity index (χ0v) is 12.6. The average molecular weight is 297 g/mol. The van der Waals surface area contributed by atoms with Crippen molar-refractivity contribution in [2.24, 2.45) is 13.0 Å². The Bertz CT molecular complexity index is 796. The maximum atomic E-state index is 12.5. The Balaban J connectivity index is 2.19. The number of aromatic nitrogens is 1. The lowest BCUT2D eigenvalue weighted by atomic mass is 9.96. The first-order chi connectivity index (χ1) is 10.7. The molecule has 0 atom stereocenters. The molecule has 2 aromatic rings. The second kappa shape index (κ2) is 5.82. The van der Waals surface area contributed by atoms with E-state index >= 15 is 0 Å². The van der Waals surface area contributed by atoms with Crippen molar-refractivity contribution >= 4 is 16.6 Å². The Labute approximate surface area is 129 Å². The molecule has 1 aromatic heterocycles. The van der Waals surface area contributed by atoms with Crippen LogP contribution in [-0.2, 0) is 7.05 Å². The molecule has 0 saturated carbocycles. The van der Waals surface area contributed by atoms with Gasteiger partial charge in [-0.3, -0.25) is 4.79 Å². The van der Waals surface area contributed by atoms with Crippen molar-refractivity contribution < 1.29 is 5.11 Å². The van der Waals surface area contributed by atoms with E-state index in [2.05, 4.69) is 11.0 Å². The highest BCUT2D eigenvalue weighted by Gasteiger charge is 2.24. The van der Waals surface area contributed by atoms with E-state index in [0.29, 0.717) is 5.92 Å². The fourth-order valence-electron chi connectivity index (χ4n) is 3.25. The van der Waals surface area contributed by atoms with Gasteiger partial charge < -0.3 is 14.6 Å². The van der Waals surface area contributed by atoms with Gasteiger partial charge in [-0.1, -0.05) is 18.2 Å². The van der Waals surface area contributed by atoms with Crippen molar-refractivity contribution in [3.05, 3.63) is 40.2 Å². The van der Waals surface area contributed by atoms with Gasteiger partial charge in [0.15, 0.2) is 0 Å². The fourth-order valence-corrected chi connectivity index (χ4v) is 3.25. The van der Waals surface area contributed by atoms with Gasteiger partial charge in [0.05, 0.1) is 11.2 Å². The Morgan fingerprint density at radius 1 is 1.32 bits per heavy atom. The van der Waals surface area contributed by atoms with Gasteiger partial charge in [-0.25, -0.2) is 0 Å². The summed E-state index contributed by atoms with van der Waals surface area (Å²) in [4.78, 5) is 14.6. The summed E-state index contributed by atoms with van der Waals surface area (Å²) in [6, 6.07) is 9.79. The van der Waals surface area contributed by atoms with E-state index in [-0.39, 0.29) is 17.7 Å². The number of aryl methyl sites for hydroxylation is 1. The van der Waals surface area contributed by atoms with Crippen LogP contribution in [0.2, 0.25) is 0 Å². The molecule has 0 unspecified atom stereocenters. The fraction of sp³-hybridized carbons (Fsp3) is 0.412. The quantitative estimate of drug-likeness (QED) is 0.914. The summed E-state index contributed by atoms with van der Waals surface area (Å²) < 4.78 is 1.54. The lowest BCUT2D eigenvalue weighted by Gasteiger charge is -2.34. The molecule has 114 valence electrons. The van der Waals surface area contributed by atoms with Crippen molar-refractivity contribution in [2.75, 3.05) is 24.6 Å². The highest BCUT2D eigenvalue weighted by atomic mass is 16.3. The summed E-state index contributed by atoms with van der Waals surface area (Å²) in [7, 11) is 1.70. The number of nitriles is 1. The van der Waals surface area contributed by atoms with Crippen LogP contribution in [0.15, 0.2) is 29.1 Å². The van der Waals surface area contributed by atoms with Crippen LogP contribution in [0.25, 0.3) is 10.9 Å². The predicted octanol–water partition coefficient (Wildman–Crippen LogP) is 1.62. The monoisotopic (exact) mass is 297 g/mol. The van der Waals surface area contributed by atoms with Gasteiger partial charge in [-0.2, -0.15) is 5.26 Å². The SMILES string of the molecule is Cn1c(=O)c(C#N)c(N2CCC(CO)CC2)c2ccccc21. The number of anilines is 1. The van der Waals surface area contributed by atoms with Crippen LogP contribution < -0.4 is 10.5 Å². The van der Waals surface area contributed by atoms with E-state index in [9.17, 15) is 15.2 Å². The topological polar surface area (TPSA) is 69.3 Å². The smallest absolute Gasteiger partial charge is 0.270 e. The van der Waals surface area contributed by atoms with Crippen molar-refractivity contribution in [1.29, 1.82) is 5.26 Å². The molecule has 3 rings (SSSR count). The summed E-state index contributed by atoms with van der Waals surface area (Å²) >= 11 is 0. The first-order valence-electron chi connectivity index (χ1n) is 7.55. The van der Waals surface area contributed by atoms with E-state index in [1.165, 1.54) is 4.57 Å². The number of benzene rings is 1. The summed E-state index contributed by atoms with van der Waals surface area (Å²) in [6.07, 6.45) is 1.76. The van der Waals surface area contributed by atoms with E-state index in [1.807, 2.05) is 24.3 Å². The first kappa shape index (κ1) is 14.6. The Hall–Kier alpha value is -2.32. The van der Waals surface area contributed by atoms with Gasteiger partial charge in [-0.05, 0) is 24.8 Å². The second-order valence-corrected chi connectivity index (χ2v) is 5.83. The Morgan fingerprint density at radius 2 is 2.00 bits per heavy atom. The van der Waals surface area contributed by atoms with Gasteiger partial charge >= 0.3 is 0 Å². The molecule has 1 N–H and O–H groups in total. The summed E-state index contributed by atoms with van der Waals surface area (Å²) in [5.74, 6) is 0.319. The molecule has 0 aliphatic carbocycles. The van der Waals surface area contributed by atoms with Crippen LogP contribution in [0, 0.1) is 17.2 Å². The van der Waals surface area contributed by atoms with E-state index in [0.717, 1.165) is 42.5 Å². The van der Waals surface area contributed by atoms with E-state index < -0.39 is 0 Å². The molecular weight excluding hydrogens is 278 g/mol. The van der Waals surface area contributed by atoms with Crippen LogP contribution in [0.4, 0.5) is 5.69 Å². The Kier molecular flexibility index (Phi) is 3.86. The zero-order chi connectivity index (χ0) is 15.7. The molecule has 1 aromatic carbocycles. The third-order valence-corrected chi connectivity index (χ3v) is 4.58. The maximum Gasteiger partial charge on any atom is 0.270 e. The van der Waals surface area contributed by atoms with Gasteiger partial charge in [-0.15, -0.1) is 0 Å². The van der Waals surface area contributed by atoms with Crippen molar-refractivity contribution in [1.82, 2.24) is 4.57 Å². The van der Waals surface area contributed by atoms with Crippen molar-refractivity contribution in [3.8, 4) is 6.07 Å². The van der Waals surface area contributed by atoms with Crippen molar-refractivity contribution in [2.45, 2.75) is 12.8 Å². The molecule has 0 radical (unpaired) electrons. The van der Waals surface area contributed by atoms with Crippen molar-refractivity contribution in [3.63, 3.8) is 0 Å². The Morgan fingerprint density at radius 3 is 2.64 bits per heavy atom. The molecule has 5 heteroatoms. The molecule has 5 nitrogen and oxygen atoms in total. The first-order valence-corrected chi connectivity index (χ1v) is 7.55. The molecule has 0 bridgehead atoms. The molecule has 1 aliphatic heterocycles. The van der Waals surface area contributed by atoms with Crippen LogP contribution in [0.5, 0.6) is 0 Å². The normalized spacial score (nSPS) is 16.0. The van der Waals surface area contributed by atoms with Crippen LogP contribution >= 0.6 is 0 Å². The van der Waals surface area contributed by atoms with E-state index in [1.54, 1.807) is 7.05 Å². The number of nitrogens with zero attached hydrogens (tertiary/aromatic N) is 3. The molecule has 0 spiro atoms. The summed E-state index contributed by atoms with van der Waals surface area (Å²) in [6.45, 7) is 1.73. The summed E-state index contributed by atoms with van der Waals surface area (Å²) in [5.41, 5.74) is 1.55. The minimum absolute atomic E-state index is 0.205. The molecule has 1 fully saturated rings. The number of hydrogen-bond donors (Lipinski definition) is 1. The van der Waals surface area contributed by atoms with Gasteiger partial charge in [0.1, 0.15) is 11.6 Å². The number of para-hydroxylation sites is 1. The number of aliphatic hydroxyl groups is 1. The zero-order valence-electron chi connectivity index (χ0n) is 12.6. The highest BCUT2D eigenvalue weighted by molar-refractivity contribution is 5.94. The van der Waals surface area contributed by atoms with Gasteiger partial charge in [0.2, 0.25) is 0 Å². The maximum absolute atomic E-state index is 12.5. The number of rotatable bonds is 2. The number of aliphatic hydroxyl groups excluding tert-OH is 1. The number of pyridine rings is 1. The standard InChI is InChI=1S/C17H19N3O2/c1-19-15-5-3-2-4-13(15)16(14(10-18)17(19)22)20-8-6-12(11-21)7-9-20/h2-5,12,21H,6-9,11H2,1H3. The predicted molar refractivity (Wildman–Crippen MR) is 85.9 cm³/mol. The lowest BCUT2D eigenvalue weighted by Crippen LogP contribution is -2.37. The van der Waals surface area contributed by atoms with Gasteiger partial charge in [0, 0.05) is 32.1 Å². The van der Waals surface area contributed by atoms with Gasteiger partial charge in [0.25, 0.3) is 5.56 Å². The third-order valence-electron chi connectivity index (χ3n) is 4.58. The number of fused-ring (bicyclic) bond motifs is 1. The highest BCUT2D eigenvalue weighted by Crippen LogP contribution is 2.31.